The zero-order chi connectivity index (χ0) is 24.1. The Kier molecular flexibility index (Phi) is 7.62. The maximum Gasteiger partial charge on any atom is 0.241 e. The van der Waals surface area contributed by atoms with E-state index in [1.54, 1.807) is 43.0 Å². The van der Waals surface area contributed by atoms with Gasteiger partial charge >= 0.3 is 0 Å². The Bertz CT molecular complexity index is 1200. The average Bonchev–Trinajstić information content (AvgIpc) is 3.32. The molecule has 10 heteroatoms. The SMILES string of the molecule is COc1ccc(-c2cn(CC[C@@H]3CC[C@H](NS(=O)(=O)c4ccccc4C)[C@@H](CO)O3)nn2)cc1. The average molecular weight is 487 g/mol. The number of nitrogens with zero attached hydrogens (tertiary/aromatic N) is 3. The summed E-state index contributed by atoms with van der Waals surface area (Å²) in [4.78, 5) is 0.243. The molecule has 1 aromatic heterocycles. The summed E-state index contributed by atoms with van der Waals surface area (Å²) in [6.07, 6.45) is 3.10. The van der Waals surface area contributed by atoms with Crippen LogP contribution in [0.1, 0.15) is 24.8 Å². The smallest absolute Gasteiger partial charge is 0.241 e. The van der Waals surface area contributed by atoms with Crippen LogP contribution in [-0.2, 0) is 21.3 Å². The number of benzene rings is 2. The van der Waals surface area contributed by atoms with Gasteiger partial charge in [-0.05, 0) is 62.1 Å². The summed E-state index contributed by atoms with van der Waals surface area (Å²) in [5.41, 5.74) is 2.39. The van der Waals surface area contributed by atoms with Crippen LogP contribution in [0, 0.1) is 6.92 Å². The normalized spacial score (nSPS) is 20.9. The van der Waals surface area contributed by atoms with E-state index in [9.17, 15) is 13.5 Å². The highest BCUT2D eigenvalue weighted by atomic mass is 32.2. The minimum atomic E-state index is -3.71. The van der Waals surface area contributed by atoms with Crippen molar-refractivity contribution in [1.29, 1.82) is 0 Å². The molecule has 4 rings (SSSR count). The first-order valence-electron chi connectivity index (χ1n) is 11.3. The standard InChI is InChI=1S/C24H30N4O5S/c1-17-5-3-4-6-24(17)34(30,31)26-21-12-11-20(33-23(21)16-29)13-14-28-15-22(25-27-28)18-7-9-19(32-2)10-8-18/h3-10,15,20-21,23,26,29H,11-14,16H2,1-2H3/t20-,21-,23+/m0/s1. The zero-order valence-corrected chi connectivity index (χ0v) is 20.1. The minimum Gasteiger partial charge on any atom is -0.497 e. The van der Waals surface area contributed by atoms with Crippen molar-refractivity contribution >= 4 is 10.0 Å². The molecule has 3 atom stereocenters. The van der Waals surface area contributed by atoms with Crippen LogP contribution in [0.2, 0.25) is 0 Å². The fourth-order valence-corrected chi connectivity index (χ4v) is 5.72. The fourth-order valence-electron chi connectivity index (χ4n) is 4.18. The summed E-state index contributed by atoms with van der Waals surface area (Å²) in [6.45, 7) is 2.10. The molecule has 0 aliphatic carbocycles. The number of rotatable bonds is 9. The molecule has 34 heavy (non-hydrogen) atoms. The predicted octanol–water partition coefficient (Wildman–Crippen LogP) is 2.54. The molecule has 0 unspecified atom stereocenters. The number of aromatic nitrogens is 3. The van der Waals surface area contributed by atoms with Crippen LogP contribution in [0.15, 0.2) is 59.6 Å². The molecule has 2 aromatic carbocycles. The van der Waals surface area contributed by atoms with E-state index in [-0.39, 0.29) is 17.6 Å². The predicted molar refractivity (Wildman–Crippen MR) is 127 cm³/mol. The van der Waals surface area contributed by atoms with Gasteiger partial charge in [-0.2, -0.15) is 0 Å². The lowest BCUT2D eigenvalue weighted by Gasteiger charge is -2.36. The van der Waals surface area contributed by atoms with Crippen LogP contribution in [0.4, 0.5) is 0 Å². The van der Waals surface area contributed by atoms with Gasteiger partial charge in [0, 0.05) is 12.1 Å². The van der Waals surface area contributed by atoms with Crippen LogP contribution in [-0.4, -0.2) is 60.5 Å². The van der Waals surface area contributed by atoms with Crippen molar-refractivity contribution in [2.75, 3.05) is 13.7 Å². The van der Waals surface area contributed by atoms with E-state index in [4.69, 9.17) is 9.47 Å². The van der Waals surface area contributed by atoms with E-state index in [1.165, 1.54) is 0 Å². The largest absolute Gasteiger partial charge is 0.497 e. The number of aliphatic hydroxyl groups excluding tert-OH is 1. The number of hydrogen-bond donors (Lipinski definition) is 2. The Balaban J connectivity index is 1.33. The van der Waals surface area contributed by atoms with Crippen LogP contribution in [0.3, 0.4) is 0 Å². The second kappa shape index (κ2) is 10.6. The molecule has 2 heterocycles. The van der Waals surface area contributed by atoms with Gasteiger partial charge in [0.25, 0.3) is 0 Å². The zero-order valence-electron chi connectivity index (χ0n) is 19.3. The number of sulfonamides is 1. The molecule has 1 fully saturated rings. The lowest BCUT2D eigenvalue weighted by Crippen LogP contribution is -2.51. The molecule has 9 nitrogen and oxygen atoms in total. The van der Waals surface area contributed by atoms with Gasteiger partial charge in [0.1, 0.15) is 11.4 Å². The van der Waals surface area contributed by atoms with Crippen molar-refractivity contribution in [1.82, 2.24) is 19.7 Å². The van der Waals surface area contributed by atoms with E-state index in [0.717, 1.165) is 17.0 Å². The summed E-state index contributed by atoms with van der Waals surface area (Å²) >= 11 is 0. The van der Waals surface area contributed by atoms with E-state index >= 15 is 0 Å². The Labute approximate surface area is 199 Å². The van der Waals surface area contributed by atoms with Crippen molar-refractivity contribution in [2.45, 2.75) is 55.9 Å². The number of methoxy groups -OCH3 is 1. The minimum absolute atomic E-state index is 0.106. The molecule has 0 amide bonds. The molecule has 0 saturated carbocycles. The number of nitrogens with one attached hydrogen (secondary N) is 1. The quantitative estimate of drug-likeness (QED) is 0.478. The Morgan fingerprint density at radius 1 is 1.18 bits per heavy atom. The van der Waals surface area contributed by atoms with E-state index < -0.39 is 22.2 Å². The molecule has 0 radical (unpaired) electrons. The summed E-state index contributed by atoms with van der Waals surface area (Å²) in [6, 6.07) is 14.0. The first-order chi connectivity index (χ1) is 16.4. The lowest BCUT2D eigenvalue weighted by atomic mass is 9.98. The van der Waals surface area contributed by atoms with Crippen molar-refractivity contribution in [3.63, 3.8) is 0 Å². The van der Waals surface area contributed by atoms with Crippen LogP contribution in [0.25, 0.3) is 11.3 Å². The number of ether oxygens (including phenoxy) is 2. The molecule has 1 saturated heterocycles. The van der Waals surface area contributed by atoms with Gasteiger partial charge in [-0.1, -0.05) is 23.4 Å². The van der Waals surface area contributed by atoms with Crippen molar-refractivity contribution in [3.05, 3.63) is 60.3 Å². The molecule has 182 valence electrons. The summed E-state index contributed by atoms with van der Waals surface area (Å²) in [7, 11) is -2.08. The van der Waals surface area contributed by atoms with Gasteiger partial charge in [0.05, 0.1) is 43.1 Å². The third-order valence-corrected chi connectivity index (χ3v) is 7.74. The van der Waals surface area contributed by atoms with Gasteiger partial charge in [0.15, 0.2) is 0 Å². The molecule has 0 spiro atoms. The number of hydrogen-bond acceptors (Lipinski definition) is 7. The molecular formula is C24H30N4O5S. The second-order valence-corrected chi connectivity index (χ2v) is 10.1. The molecule has 0 bridgehead atoms. The Morgan fingerprint density at radius 2 is 1.94 bits per heavy atom. The molecule has 2 N–H and O–H groups in total. The first kappa shape index (κ1) is 24.3. The van der Waals surface area contributed by atoms with Crippen LogP contribution in [0.5, 0.6) is 5.75 Å². The van der Waals surface area contributed by atoms with Crippen molar-refractivity contribution < 1.29 is 23.0 Å². The maximum absolute atomic E-state index is 12.9. The second-order valence-electron chi connectivity index (χ2n) is 8.43. The van der Waals surface area contributed by atoms with E-state index in [1.807, 2.05) is 30.5 Å². The third kappa shape index (κ3) is 5.64. The Morgan fingerprint density at radius 3 is 2.65 bits per heavy atom. The van der Waals surface area contributed by atoms with Crippen LogP contribution >= 0.6 is 0 Å². The highest BCUT2D eigenvalue weighted by molar-refractivity contribution is 7.89. The molecular weight excluding hydrogens is 456 g/mol. The van der Waals surface area contributed by atoms with E-state index in [2.05, 4.69) is 15.0 Å². The van der Waals surface area contributed by atoms with Crippen molar-refractivity contribution in [2.24, 2.45) is 0 Å². The fraction of sp³-hybridized carbons (Fsp3) is 0.417. The summed E-state index contributed by atoms with van der Waals surface area (Å²) in [5, 5.41) is 18.3. The molecule has 1 aliphatic heterocycles. The first-order valence-corrected chi connectivity index (χ1v) is 12.8. The van der Waals surface area contributed by atoms with Crippen molar-refractivity contribution in [3.8, 4) is 17.0 Å². The third-order valence-electron chi connectivity index (χ3n) is 6.09. The monoisotopic (exact) mass is 486 g/mol. The lowest BCUT2D eigenvalue weighted by molar-refractivity contribution is -0.0891. The Hall–Kier alpha value is -2.79. The summed E-state index contributed by atoms with van der Waals surface area (Å²) in [5.74, 6) is 0.781. The number of aliphatic hydroxyl groups is 1. The number of aryl methyl sites for hydroxylation is 2. The van der Waals surface area contributed by atoms with Gasteiger partial charge in [-0.15, -0.1) is 5.10 Å². The van der Waals surface area contributed by atoms with E-state index in [0.29, 0.717) is 31.4 Å². The molecule has 3 aromatic rings. The van der Waals surface area contributed by atoms with Gasteiger partial charge in [0.2, 0.25) is 10.0 Å². The van der Waals surface area contributed by atoms with Gasteiger partial charge in [-0.25, -0.2) is 13.1 Å². The highest BCUT2D eigenvalue weighted by Gasteiger charge is 2.34. The van der Waals surface area contributed by atoms with Gasteiger partial charge < -0.3 is 14.6 Å². The maximum atomic E-state index is 12.9. The summed E-state index contributed by atoms with van der Waals surface area (Å²) < 4.78 is 41.4. The van der Waals surface area contributed by atoms with Gasteiger partial charge in [-0.3, -0.25) is 4.68 Å². The van der Waals surface area contributed by atoms with Crippen LogP contribution < -0.4 is 9.46 Å². The molecule has 1 aliphatic rings. The highest BCUT2D eigenvalue weighted by Crippen LogP contribution is 2.25. The topological polar surface area (TPSA) is 116 Å².